The Morgan fingerprint density at radius 2 is 2.00 bits per heavy atom. The van der Waals surface area contributed by atoms with Gasteiger partial charge in [-0.05, 0) is 61.0 Å². The van der Waals surface area contributed by atoms with Gasteiger partial charge in [-0.15, -0.1) is 0 Å². The van der Waals surface area contributed by atoms with Crippen molar-refractivity contribution >= 4 is 69.4 Å². The number of benzene rings is 2. The Bertz CT molecular complexity index is 1040. The van der Waals surface area contributed by atoms with E-state index < -0.39 is 0 Å². The summed E-state index contributed by atoms with van der Waals surface area (Å²) in [4.78, 5) is 17.2. The largest absolute Gasteiger partial charge is 0.493 e. The molecule has 0 unspecified atom stereocenters. The topological polar surface area (TPSA) is 59.9 Å². The van der Waals surface area contributed by atoms with Gasteiger partial charge >= 0.3 is 0 Å². The number of hydrogen-bond donors (Lipinski definition) is 1. The van der Waals surface area contributed by atoms with Crippen LogP contribution in [0.15, 0.2) is 40.2 Å². The van der Waals surface area contributed by atoms with Crippen LogP contribution in [0.3, 0.4) is 0 Å². The van der Waals surface area contributed by atoms with E-state index in [2.05, 4.69) is 10.3 Å². The minimum absolute atomic E-state index is 0.00569. The lowest BCUT2D eigenvalue weighted by atomic mass is 10.1. The second-order valence-electron chi connectivity index (χ2n) is 6.43. The van der Waals surface area contributed by atoms with Gasteiger partial charge in [-0.3, -0.25) is 4.79 Å². The lowest BCUT2D eigenvalue weighted by Crippen LogP contribution is -2.19. The van der Waals surface area contributed by atoms with E-state index in [1.54, 1.807) is 43.5 Å². The number of rotatable bonds is 6. The Morgan fingerprint density at radius 3 is 2.70 bits per heavy atom. The van der Waals surface area contributed by atoms with Crippen molar-refractivity contribution in [2.75, 3.05) is 7.11 Å². The van der Waals surface area contributed by atoms with Crippen LogP contribution < -0.4 is 14.8 Å². The van der Waals surface area contributed by atoms with Gasteiger partial charge in [0.2, 0.25) is 0 Å². The molecule has 0 spiro atoms. The van der Waals surface area contributed by atoms with Crippen LogP contribution in [0.5, 0.6) is 11.5 Å². The number of halogens is 3. The van der Waals surface area contributed by atoms with Gasteiger partial charge in [0, 0.05) is 0 Å². The molecule has 1 N–H and O–H groups in total. The molecule has 2 aromatic carbocycles. The first kappa shape index (κ1) is 22.8. The fraction of sp³-hybridized carbons (Fsp3) is 0.238. The Balaban J connectivity index is 1.88. The number of amidine groups is 1. The number of aliphatic imine (C=N–C) groups is 1. The van der Waals surface area contributed by atoms with Gasteiger partial charge in [0.05, 0.1) is 38.9 Å². The molecule has 1 atom stereocenters. The number of nitrogens with one attached hydrogen (secondary N) is 1. The number of amides is 1. The third kappa shape index (κ3) is 5.24. The number of carbonyl (C=O) groups excluding carboxylic acids is 1. The van der Waals surface area contributed by atoms with Crippen molar-refractivity contribution < 1.29 is 14.3 Å². The predicted octanol–water partition coefficient (Wildman–Crippen LogP) is 6.72. The molecule has 0 bridgehead atoms. The molecular weight excluding hydrogens is 467 g/mol. The Labute approximate surface area is 194 Å². The molecule has 158 valence electrons. The van der Waals surface area contributed by atoms with E-state index in [0.29, 0.717) is 47.9 Å². The summed E-state index contributed by atoms with van der Waals surface area (Å²) in [6.07, 6.45) is 2.54. The molecule has 0 aromatic heterocycles. The van der Waals surface area contributed by atoms with Crippen LogP contribution >= 0.6 is 46.6 Å². The first-order valence-corrected chi connectivity index (χ1v) is 11.0. The molecule has 0 saturated carbocycles. The van der Waals surface area contributed by atoms with Gasteiger partial charge in [-0.1, -0.05) is 47.8 Å². The fourth-order valence-corrected chi connectivity index (χ4v) is 3.98. The average Bonchev–Trinajstić information content (AvgIpc) is 3.05. The van der Waals surface area contributed by atoms with E-state index in [9.17, 15) is 4.79 Å². The van der Waals surface area contributed by atoms with Gasteiger partial charge in [0.15, 0.2) is 16.7 Å². The highest BCUT2D eigenvalue weighted by Gasteiger charge is 2.25. The predicted molar refractivity (Wildman–Crippen MR) is 126 cm³/mol. The first-order valence-electron chi connectivity index (χ1n) is 9.10. The number of thioether (sulfide) groups is 1. The molecule has 2 aromatic rings. The molecule has 9 heteroatoms. The van der Waals surface area contributed by atoms with E-state index >= 15 is 0 Å². The summed E-state index contributed by atoms with van der Waals surface area (Å²) in [5, 5.41) is 4.26. The highest BCUT2D eigenvalue weighted by Crippen LogP contribution is 2.39. The Kier molecular flexibility index (Phi) is 7.58. The van der Waals surface area contributed by atoms with Crippen molar-refractivity contribution in [3.05, 3.63) is 55.9 Å². The summed E-state index contributed by atoms with van der Waals surface area (Å²) in [7, 11) is 1.54. The quantitative estimate of drug-likeness (QED) is 0.461. The first-order chi connectivity index (χ1) is 14.3. The normalized spacial score (nSPS) is 17.3. The summed E-state index contributed by atoms with van der Waals surface area (Å²) in [5.41, 5.74) is 1.18. The van der Waals surface area contributed by atoms with Crippen LogP contribution in [-0.2, 0) is 4.79 Å². The summed E-state index contributed by atoms with van der Waals surface area (Å²) in [6, 6.07) is 8.63. The molecule has 0 radical (unpaired) electrons. The van der Waals surface area contributed by atoms with Crippen molar-refractivity contribution in [3.63, 3.8) is 0 Å². The molecule has 1 fully saturated rings. The number of methoxy groups -OCH3 is 1. The monoisotopic (exact) mass is 484 g/mol. The van der Waals surface area contributed by atoms with Crippen LogP contribution in [0, 0.1) is 0 Å². The Morgan fingerprint density at radius 1 is 1.23 bits per heavy atom. The number of carbonyl (C=O) groups is 1. The van der Waals surface area contributed by atoms with E-state index in [1.807, 2.05) is 13.8 Å². The van der Waals surface area contributed by atoms with Crippen LogP contribution in [0.25, 0.3) is 6.08 Å². The van der Waals surface area contributed by atoms with Gasteiger partial charge in [0.25, 0.3) is 5.91 Å². The van der Waals surface area contributed by atoms with E-state index in [0.717, 1.165) is 6.42 Å². The van der Waals surface area contributed by atoms with Crippen molar-refractivity contribution in [1.82, 2.24) is 5.32 Å². The maximum Gasteiger partial charge on any atom is 0.264 e. The Hall–Kier alpha value is -1.86. The molecule has 0 aliphatic carbocycles. The van der Waals surface area contributed by atoms with Crippen LogP contribution in [0.1, 0.15) is 25.8 Å². The van der Waals surface area contributed by atoms with Gasteiger partial charge in [-0.25, -0.2) is 4.99 Å². The van der Waals surface area contributed by atoms with Crippen LogP contribution in [-0.4, -0.2) is 24.3 Å². The second kappa shape index (κ2) is 9.96. The molecular formula is C21H19Cl3N2O3S. The standard InChI is InChI=1S/C21H19Cl3N2O3S/c1-4-11(2)29-19-14(23)8-12(9-16(19)28-3)10-17-20(27)26-21(30-17)25-15-7-5-6-13(22)18(15)24/h5-11H,4H2,1-3H3,(H,25,26,27)/b17-10+/t11-/m0/s1. The summed E-state index contributed by atoms with van der Waals surface area (Å²) in [6.45, 7) is 3.98. The van der Waals surface area contributed by atoms with Crippen molar-refractivity contribution in [2.24, 2.45) is 4.99 Å². The highest BCUT2D eigenvalue weighted by atomic mass is 35.5. The molecule has 1 saturated heterocycles. The smallest absolute Gasteiger partial charge is 0.264 e. The van der Waals surface area contributed by atoms with Crippen molar-refractivity contribution in [3.8, 4) is 11.5 Å². The van der Waals surface area contributed by atoms with Crippen LogP contribution in [0.4, 0.5) is 5.69 Å². The second-order valence-corrected chi connectivity index (χ2v) is 8.65. The number of hydrogen-bond acceptors (Lipinski definition) is 5. The molecule has 30 heavy (non-hydrogen) atoms. The lowest BCUT2D eigenvalue weighted by molar-refractivity contribution is -0.115. The average molecular weight is 486 g/mol. The highest BCUT2D eigenvalue weighted by molar-refractivity contribution is 8.18. The third-order valence-electron chi connectivity index (χ3n) is 4.25. The van der Waals surface area contributed by atoms with Gasteiger partial charge < -0.3 is 14.8 Å². The van der Waals surface area contributed by atoms with Crippen molar-refractivity contribution in [1.29, 1.82) is 0 Å². The number of ether oxygens (including phenoxy) is 2. The maximum absolute atomic E-state index is 12.4. The molecule has 1 heterocycles. The molecule has 5 nitrogen and oxygen atoms in total. The zero-order valence-electron chi connectivity index (χ0n) is 16.5. The number of nitrogens with zero attached hydrogens (tertiary/aromatic N) is 1. The minimum Gasteiger partial charge on any atom is -0.493 e. The van der Waals surface area contributed by atoms with Crippen molar-refractivity contribution in [2.45, 2.75) is 26.4 Å². The van der Waals surface area contributed by atoms with E-state index in [1.165, 1.54) is 11.8 Å². The summed E-state index contributed by atoms with van der Waals surface area (Å²) < 4.78 is 11.3. The molecule has 1 amide bonds. The summed E-state index contributed by atoms with van der Waals surface area (Å²) in [5.74, 6) is 0.710. The van der Waals surface area contributed by atoms with Gasteiger partial charge in [0.1, 0.15) is 0 Å². The van der Waals surface area contributed by atoms with E-state index in [4.69, 9.17) is 44.3 Å². The third-order valence-corrected chi connectivity index (χ3v) is 6.25. The molecule has 3 rings (SSSR count). The molecule has 1 aliphatic heterocycles. The zero-order chi connectivity index (χ0) is 21.8. The zero-order valence-corrected chi connectivity index (χ0v) is 19.5. The lowest BCUT2D eigenvalue weighted by Gasteiger charge is -2.17. The van der Waals surface area contributed by atoms with Crippen LogP contribution in [0.2, 0.25) is 15.1 Å². The van der Waals surface area contributed by atoms with Gasteiger partial charge in [-0.2, -0.15) is 0 Å². The molecule has 1 aliphatic rings. The fourth-order valence-electron chi connectivity index (χ4n) is 2.54. The maximum atomic E-state index is 12.4. The SMILES string of the molecule is CC[C@H](C)Oc1c(Cl)cc(/C=C2/SC(=Nc3cccc(Cl)c3Cl)NC2=O)cc1OC. The summed E-state index contributed by atoms with van der Waals surface area (Å²) >= 11 is 19.8. The minimum atomic E-state index is -0.271. The van der Waals surface area contributed by atoms with E-state index in [-0.39, 0.29) is 12.0 Å².